The Morgan fingerprint density at radius 3 is 2.38 bits per heavy atom. The molecule has 16 heavy (non-hydrogen) atoms. The van der Waals surface area contributed by atoms with E-state index in [0.717, 1.165) is 18.4 Å². The molecule has 0 amide bonds. The highest BCUT2D eigenvalue weighted by Crippen LogP contribution is 2.31. The Morgan fingerprint density at radius 2 is 1.94 bits per heavy atom. The maximum Gasteiger partial charge on any atom is 0.0153 e. The fraction of sp³-hybridized carbons (Fsp3) is 1.00. The summed E-state index contributed by atoms with van der Waals surface area (Å²) in [6.07, 6.45) is 7.96. The van der Waals surface area contributed by atoms with Crippen molar-refractivity contribution in [3.05, 3.63) is 0 Å². The SMILES string of the molecule is CC(C)C(CCN)CCCNC1(C)CCC1. The smallest absolute Gasteiger partial charge is 0.0153 e. The minimum Gasteiger partial charge on any atom is -0.330 e. The molecule has 1 atom stereocenters. The first-order valence-corrected chi connectivity index (χ1v) is 7.02. The average molecular weight is 226 g/mol. The standard InChI is InChI=1S/C14H30N2/c1-12(2)13(7-10-15)6-4-11-16-14(3)8-5-9-14/h12-13,16H,4-11,15H2,1-3H3. The van der Waals surface area contributed by atoms with Gasteiger partial charge in [-0.25, -0.2) is 0 Å². The first-order chi connectivity index (χ1) is 7.57. The van der Waals surface area contributed by atoms with Crippen LogP contribution >= 0.6 is 0 Å². The molecule has 1 saturated carbocycles. The maximum atomic E-state index is 5.66. The summed E-state index contributed by atoms with van der Waals surface area (Å²) in [6.45, 7) is 9.02. The summed E-state index contributed by atoms with van der Waals surface area (Å²) in [5, 5.41) is 3.70. The largest absolute Gasteiger partial charge is 0.330 e. The highest BCUT2D eigenvalue weighted by molar-refractivity contribution is 4.91. The number of hydrogen-bond donors (Lipinski definition) is 2. The molecule has 1 rings (SSSR count). The Kier molecular flexibility index (Phi) is 5.77. The van der Waals surface area contributed by atoms with Crippen molar-refractivity contribution in [3.63, 3.8) is 0 Å². The van der Waals surface area contributed by atoms with Crippen LogP contribution in [0, 0.1) is 11.8 Å². The summed E-state index contributed by atoms with van der Waals surface area (Å²) >= 11 is 0. The zero-order chi connectivity index (χ0) is 12.0. The van der Waals surface area contributed by atoms with E-state index in [0.29, 0.717) is 5.54 Å². The summed E-state index contributed by atoms with van der Waals surface area (Å²) < 4.78 is 0. The van der Waals surface area contributed by atoms with Crippen molar-refractivity contribution in [2.45, 2.75) is 64.8 Å². The first kappa shape index (κ1) is 14.0. The second-order valence-corrected chi connectivity index (χ2v) is 6.06. The third kappa shape index (κ3) is 4.42. The highest BCUT2D eigenvalue weighted by atomic mass is 15.0. The quantitative estimate of drug-likeness (QED) is 0.625. The Morgan fingerprint density at radius 1 is 1.25 bits per heavy atom. The molecule has 0 heterocycles. The molecule has 1 aliphatic rings. The topological polar surface area (TPSA) is 38.0 Å². The van der Waals surface area contributed by atoms with Gasteiger partial charge in [-0.15, -0.1) is 0 Å². The van der Waals surface area contributed by atoms with Crippen molar-refractivity contribution < 1.29 is 0 Å². The van der Waals surface area contributed by atoms with Crippen LogP contribution < -0.4 is 11.1 Å². The monoisotopic (exact) mass is 226 g/mol. The molecule has 2 heteroatoms. The highest BCUT2D eigenvalue weighted by Gasteiger charge is 2.30. The van der Waals surface area contributed by atoms with E-state index >= 15 is 0 Å². The number of nitrogens with one attached hydrogen (secondary N) is 1. The normalized spacial score (nSPS) is 20.8. The van der Waals surface area contributed by atoms with E-state index in [-0.39, 0.29) is 0 Å². The van der Waals surface area contributed by atoms with Gasteiger partial charge >= 0.3 is 0 Å². The molecule has 0 aromatic heterocycles. The summed E-state index contributed by atoms with van der Waals surface area (Å²) in [7, 11) is 0. The van der Waals surface area contributed by atoms with Crippen LogP contribution in [0.25, 0.3) is 0 Å². The van der Waals surface area contributed by atoms with Gasteiger partial charge in [-0.05, 0) is 70.4 Å². The molecule has 1 fully saturated rings. The average Bonchev–Trinajstić information content (AvgIpc) is 2.19. The Hall–Kier alpha value is -0.0800. The van der Waals surface area contributed by atoms with Gasteiger partial charge in [-0.1, -0.05) is 13.8 Å². The number of hydrogen-bond acceptors (Lipinski definition) is 2. The first-order valence-electron chi connectivity index (χ1n) is 7.02. The lowest BCUT2D eigenvalue weighted by atomic mass is 9.78. The third-order valence-corrected chi connectivity index (χ3v) is 4.24. The van der Waals surface area contributed by atoms with Crippen LogP contribution in [0.15, 0.2) is 0 Å². The molecule has 0 spiro atoms. The predicted octanol–water partition coefficient (Wildman–Crippen LogP) is 2.92. The molecule has 0 saturated heterocycles. The molecule has 1 aliphatic carbocycles. The minimum absolute atomic E-state index is 0.473. The number of rotatable bonds is 8. The van der Waals surface area contributed by atoms with Crippen LogP contribution in [0.4, 0.5) is 0 Å². The molecule has 0 aromatic carbocycles. The predicted molar refractivity (Wildman–Crippen MR) is 71.5 cm³/mol. The van der Waals surface area contributed by atoms with Gasteiger partial charge in [-0.3, -0.25) is 0 Å². The van der Waals surface area contributed by atoms with E-state index in [4.69, 9.17) is 5.73 Å². The van der Waals surface area contributed by atoms with Crippen LogP contribution in [0.2, 0.25) is 0 Å². The van der Waals surface area contributed by atoms with Crippen LogP contribution in [0.1, 0.15) is 59.3 Å². The fourth-order valence-electron chi connectivity index (χ4n) is 2.66. The molecule has 0 aromatic rings. The molecule has 3 N–H and O–H groups in total. The molecule has 2 nitrogen and oxygen atoms in total. The molecular weight excluding hydrogens is 196 g/mol. The van der Waals surface area contributed by atoms with Crippen LogP contribution in [-0.2, 0) is 0 Å². The Labute approximate surface area is 101 Å². The zero-order valence-corrected chi connectivity index (χ0v) is 11.4. The Balaban J connectivity index is 2.08. The summed E-state index contributed by atoms with van der Waals surface area (Å²) in [5.41, 5.74) is 6.13. The lowest BCUT2D eigenvalue weighted by Gasteiger charge is -2.39. The molecule has 1 unspecified atom stereocenters. The molecule has 0 radical (unpaired) electrons. The second-order valence-electron chi connectivity index (χ2n) is 6.06. The van der Waals surface area contributed by atoms with E-state index in [9.17, 15) is 0 Å². The summed E-state index contributed by atoms with van der Waals surface area (Å²) in [5.74, 6) is 1.60. The van der Waals surface area contributed by atoms with Crippen molar-refractivity contribution in [3.8, 4) is 0 Å². The van der Waals surface area contributed by atoms with Gasteiger partial charge in [0.05, 0.1) is 0 Å². The maximum absolute atomic E-state index is 5.66. The summed E-state index contributed by atoms with van der Waals surface area (Å²) in [6, 6.07) is 0. The fourth-order valence-corrected chi connectivity index (χ4v) is 2.66. The van der Waals surface area contributed by atoms with E-state index in [1.807, 2.05) is 0 Å². The number of nitrogens with two attached hydrogens (primary N) is 1. The van der Waals surface area contributed by atoms with Crippen molar-refractivity contribution in [2.24, 2.45) is 17.6 Å². The van der Waals surface area contributed by atoms with Crippen molar-refractivity contribution >= 4 is 0 Å². The van der Waals surface area contributed by atoms with Gasteiger partial charge in [-0.2, -0.15) is 0 Å². The van der Waals surface area contributed by atoms with Crippen molar-refractivity contribution in [2.75, 3.05) is 13.1 Å². The zero-order valence-electron chi connectivity index (χ0n) is 11.4. The van der Waals surface area contributed by atoms with Gasteiger partial charge in [0.1, 0.15) is 0 Å². The molecular formula is C14H30N2. The third-order valence-electron chi connectivity index (χ3n) is 4.24. The van der Waals surface area contributed by atoms with E-state index in [1.54, 1.807) is 0 Å². The molecule has 0 bridgehead atoms. The van der Waals surface area contributed by atoms with Crippen molar-refractivity contribution in [1.82, 2.24) is 5.32 Å². The van der Waals surface area contributed by atoms with Gasteiger partial charge in [0.15, 0.2) is 0 Å². The van der Waals surface area contributed by atoms with Gasteiger partial charge < -0.3 is 11.1 Å². The van der Waals surface area contributed by atoms with E-state index < -0.39 is 0 Å². The molecule has 96 valence electrons. The van der Waals surface area contributed by atoms with Crippen molar-refractivity contribution in [1.29, 1.82) is 0 Å². The van der Waals surface area contributed by atoms with Crippen LogP contribution in [0.3, 0.4) is 0 Å². The van der Waals surface area contributed by atoms with E-state index in [2.05, 4.69) is 26.1 Å². The van der Waals surface area contributed by atoms with Crippen LogP contribution in [0.5, 0.6) is 0 Å². The molecule has 0 aliphatic heterocycles. The van der Waals surface area contributed by atoms with Crippen LogP contribution in [-0.4, -0.2) is 18.6 Å². The van der Waals surface area contributed by atoms with Gasteiger partial charge in [0, 0.05) is 5.54 Å². The second kappa shape index (κ2) is 6.61. The summed E-state index contributed by atoms with van der Waals surface area (Å²) in [4.78, 5) is 0. The Bertz CT molecular complexity index is 185. The van der Waals surface area contributed by atoms with Gasteiger partial charge in [0.25, 0.3) is 0 Å². The van der Waals surface area contributed by atoms with E-state index in [1.165, 1.54) is 45.1 Å². The minimum atomic E-state index is 0.473. The lowest BCUT2D eigenvalue weighted by molar-refractivity contribution is 0.204. The van der Waals surface area contributed by atoms with Gasteiger partial charge in [0.2, 0.25) is 0 Å². The lowest BCUT2D eigenvalue weighted by Crippen LogP contribution is -2.48.